The molecule has 0 spiro atoms. The summed E-state index contributed by atoms with van der Waals surface area (Å²) in [6.45, 7) is 2.08. The predicted molar refractivity (Wildman–Crippen MR) is 84.4 cm³/mol. The first-order valence-electron chi connectivity index (χ1n) is 8.15. The van der Waals surface area contributed by atoms with Crippen LogP contribution in [-0.4, -0.2) is 49.6 Å². The van der Waals surface area contributed by atoms with Crippen molar-refractivity contribution in [2.45, 2.75) is 38.1 Å². The first-order chi connectivity index (χ1) is 11.8. The molecule has 24 heavy (non-hydrogen) atoms. The van der Waals surface area contributed by atoms with Gasteiger partial charge < -0.3 is 9.72 Å². The van der Waals surface area contributed by atoms with Gasteiger partial charge in [-0.2, -0.15) is 10.2 Å². The van der Waals surface area contributed by atoms with Crippen LogP contribution in [0.1, 0.15) is 42.5 Å². The van der Waals surface area contributed by atoms with Crippen molar-refractivity contribution in [3.8, 4) is 0 Å². The molecule has 2 aliphatic rings. The molecule has 0 aliphatic carbocycles. The number of nitrogens with zero attached hydrogens (tertiary/aromatic N) is 5. The number of imidazole rings is 1. The molecule has 0 saturated carbocycles. The number of nitrogens with one attached hydrogen (secondary N) is 2. The maximum Gasteiger partial charge on any atom is 0.240 e. The number of rotatable bonds is 5. The third kappa shape index (κ3) is 3.07. The number of aryl methyl sites for hydroxylation is 2. The highest BCUT2D eigenvalue weighted by molar-refractivity contribution is 6.01. The summed E-state index contributed by atoms with van der Waals surface area (Å²) >= 11 is 0. The van der Waals surface area contributed by atoms with Crippen LogP contribution in [0.2, 0.25) is 0 Å². The molecule has 4 heterocycles. The summed E-state index contributed by atoms with van der Waals surface area (Å²) in [7, 11) is 0. The van der Waals surface area contributed by atoms with Crippen LogP contribution in [0, 0.1) is 0 Å². The summed E-state index contributed by atoms with van der Waals surface area (Å²) in [4.78, 5) is 23.2. The third-order valence-corrected chi connectivity index (χ3v) is 4.29. The first kappa shape index (κ1) is 15.0. The quantitative estimate of drug-likeness (QED) is 0.823. The minimum atomic E-state index is -0.0632. The van der Waals surface area contributed by atoms with Crippen molar-refractivity contribution >= 4 is 11.6 Å². The second-order valence-corrected chi connectivity index (χ2v) is 6.00. The lowest BCUT2D eigenvalue weighted by Crippen LogP contribution is -2.28. The Hall–Kier alpha value is -2.55. The van der Waals surface area contributed by atoms with E-state index in [0.717, 1.165) is 42.5 Å². The van der Waals surface area contributed by atoms with Crippen molar-refractivity contribution in [1.29, 1.82) is 0 Å². The Morgan fingerprint density at radius 3 is 3.04 bits per heavy atom. The Labute approximate surface area is 138 Å². The van der Waals surface area contributed by atoms with Gasteiger partial charge in [-0.15, -0.1) is 0 Å². The number of hydrogen-bond donors (Lipinski definition) is 2. The number of amides is 1. The molecule has 9 heteroatoms. The van der Waals surface area contributed by atoms with Crippen molar-refractivity contribution < 1.29 is 9.53 Å². The van der Waals surface area contributed by atoms with E-state index in [0.29, 0.717) is 26.0 Å². The zero-order valence-electron chi connectivity index (χ0n) is 13.2. The molecule has 2 aromatic heterocycles. The second kappa shape index (κ2) is 6.52. The molecule has 0 radical (unpaired) electrons. The second-order valence-electron chi connectivity index (χ2n) is 6.00. The maximum atomic E-state index is 11.3. The summed E-state index contributed by atoms with van der Waals surface area (Å²) in [5.74, 6) is 1.70. The predicted octanol–water partition coefficient (Wildman–Crippen LogP) is 0.362. The van der Waals surface area contributed by atoms with Gasteiger partial charge in [0.05, 0.1) is 12.9 Å². The molecule has 2 N–H and O–H groups in total. The standard InChI is InChI=1S/C15H19N7O2/c23-13-2-1-12(19-20-13)15-18-14(10-4-6-24-8-10)21-22(15)5-3-11-7-16-9-17-11/h7,9-10H,1-6,8H2,(H,16,17)(H,20,23)/t10-/m1/s1. The molecule has 1 saturated heterocycles. The fourth-order valence-electron chi connectivity index (χ4n) is 2.92. The highest BCUT2D eigenvalue weighted by Gasteiger charge is 2.26. The number of carbonyl (C=O) groups is 1. The Morgan fingerprint density at radius 1 is 1.38 bits per heavy atom. The lowest BCUT2D eigenvalue weighted by Gasteiger charge is -2.12. The molecule has 1 fully saturated rings. The van der Waals surface area contributed by atoms with Gasteiger partial charge >= 0.3 is 0 Å². The molecule has 2 aliphatic heterocycles. The molecular weight excluding hydrogens is 310 g/mol. The molecule has 0 unspecified atom stereocenters. The number of aromatic amines is 1. The van der Waals surface area contributed by atoms with Crippen molar-refractivity contribution in [2.24, 2.45) is 5.10 Å². The van der Waals surface area contributed by atoms with Gasteiger partial charge in [-0.05, 0) is 6.42 Å². The largest absolute Gasteiger partial charge is 0.381 e. The van der Waals surface area contributed by atoms with Gasteiger partial charge in [0.15, 0.2) is 11.6 Å². The van der Waals surface area contributed by atoms with Crippen LogP contribution < -0.4 is 5.43 Å². The van der Waals surface area contributed by atoms with E-state index in [1.165, 1.54) is 0 Å². The molecule has 2 aromatic rings. The average Bonchev–Trinajstić information content (AvgIpc) is 3.34. The summed E-state index contributed by atoms with van der Waals surface area (Å²) in [5.41, 5.74) is 4.35. The highest BCUT2D eigenvalue weighted by atomic mass is 16.5. The topological polar surface area (TPSA) is 110 Å². The minimum Gasteiger partial charge on any atom is -0.381 e. The molecule has 1 atom stereocenters. The lowest BCUT2D eigenvalue weighted by atomic mass is 10.1. The Balaban J connectivity index is 1.60. The molecule has 0 bridgehead atoms. The van der Waals surface area contributed by atoms with Gasteiger partial charge in [-0.3, -0.25) is 4.79 Å². The lowest BCUT2D eigenvalue weighted by molar-refractivity contribution is -0.121. The van der Waals surface area contributed by atoms with Crippen molar-refractivity contribution in [1.82, 2.24) is 30.2 Å². The number of aromatic nitrogens is 5. The highest BCUT2D eigenvalue weighted by Crippen LogP contribution is 2.23. The number of hydrazone groups is 1. The van der Waals surface area contributed by atoms with Gasteiger partial charge in [0.1, 0.15) is 5.71 Å². The monoisotopic (exact) mass is 329 g/mol. The molecule has 1 amide bonds. The van der Waals surface area contributed by atoms with Crippen LogP contribution >= 0.6 is 0 Å². The maximum absolute atomic E-state index is 11.3. The van der Waals surface area contributed by atoms with E-state index in [1.54, 1.807) is 12.5 Å². The van der Waals surface area contributed by atoms with Crippen LogP contribution in [0.25, 0.3) is 0 Å². The Morgan fingerprint density at radius 2 is 2.33 bits per heavy atom. The summed E-state index contributed by atoms with van der Waals surface area (Å²) in [5, 5.41) is 8.85. The van der Waals surface area contributed by atoms with Gasteiger partial charge in [0, 0.05) is 50.2 Å². The minimum absolute atomic E-state index is 0.0632. The molecule has 4 rings (SSSR count). The van der Waals surface area contributed by atoms with E-state index in [4.69, 9.17) is 9.72 Å². The smallest absolute Gasteiger partial charge is 0.240 e. The molecule has 126 valence electrons. The van der Waals surface area contributed by atoms with E-state index < -0.39 is 0 Å². The molecular formula is C15H19N7O2. The van der Waals surface area contributed by atoms with E-state index in [9.17, 15) is 4.79 Å². The number of ether oxygens (including phenoxy) is 1. The summed E-state index contributed by atoms with van der Waals surface area (Å²) in [6, 6.07) is 0. The van der Waals surface area contributed by atoms with Crippen LogP contribution in [0.3, 0.4) is 0 Å². The third-order valence-electron chi connectivity index (χ3n) is 4.29. The number of H-pyrrole nitrogens is 1. The number of carbonyl (C=O) groups excluding carboxylic acids is 1. The van der Waals surface area contributed by atoms with Crippen molar-refractivity contribution in [3.05, 3.63) is 29.9 Å². The first-order valence-corrected chi connectivity index (χ1v) is 8.15. The van der Waals surface area contributed by atoms with Crippen LogP contribution in [0.4, 0.5) is 0 Å². The Bertz CT molecular complexity index is 744. The number of hydrogen-bond acceptors (Lipinski definition) is 6. The van der Waals surface area contributed by atoms with Gasteiger partial charge in [0.2, 0.25) is 5.91 Å². The van der Waals surface area contributed by atoms with Crippen LogP contribution in [0.15, 0.2) is 17.6 Å². The van der Waals surface area contributed by atoms with Crippen LogP contribution in [-0.2, 0) is 22.5 Å². The van der Waals surface area contributed by atoms with Gasteiger partial charge in [0.25, 0.3) is 0 Å². The SMILES string of the molecule is O=C1CCC(c2nc([C@@H]3CCOC3)nn2CCc2cnc[nH]2)=NN1. The summed E-state index contributed by atoms with van der Waals surface area (Å²) in [6.07, 6.45) is 6.19. The van der Waals surface area contributed by atoms with Crippen molar-refractivity contribution in [3.63, 3.8) is 0 Å². The van der Waals surface area contributed by atoms with E-state index in [1.807, 2.05) is 4.68 Å². The Kier molecular flexibility index (Phi) is 4.08. The fourth-order valence-corrected chi connectivity index (χ4v) is 2.92. The van der Waals surface area contributed by atoms with Crippen LogP contribution in [0.5, 0.6) is 0 Å². The zero-order valence-corrected chi connectivity index (χ0v) is 13.2. The van der Waals surface area contributed by atoms with E-state index >= 15 is 0 Å². The normalized spacial score (nSPS) is 20.9. The molecule has 0 aromatic carbocycles. The van der Waals surface area contributed by atoms with Crippen molar-refractivity contribution in [2.75, 3.05) is 13.2 Å². The van der Waals surface area contributed by atoms with E-state index in [-0.39, 0.29) is 11.8 Å². The van der Waals surface area contributed by atoms with Gasteiger partial charge in [-0.25, -0.2) is 20.1 Å². The zero-order chi connectivity index (χ0) is 16.4. The summed E-state index contributed by atoms with van der Waals surface area (Å²) < 4.78 is 7.33. The van der Waals surface area contributed by atoms with Gasteiger partial charge in [-0.1, -0.05) is 0 Å². The molecule has 9 nitrogen and oxygen atoms in total. The average molecular weight is 329 g/mol. The fraction of sp³-hybridized carbons (Fsp3) is 0.533. The van der Waals surface area contributed by atoms with E-state index in [2.05, 4.69) is 25.6 Å².